The van der Waals surface area contributed by atoms with E-state index in [1.54, 1.807) is 25.3 Å². The maximum atomic E-state index is 12.6. The fraction of sp³-hybridized carbons (Fsp3) is 0.333. The van der Waals surface area contributed by atoms with Gasteiger partial charge in [0.1, 0.15) is 11.8 Å². The number of methoxy groups -OCH3 is 1. The van der Waals surface area contributed by atoms with Gasteiger partial charge in [-0.05, 0) is 31.2 Å². The van der Waals surface area contributed by atoms with Crippen molar-refractivity contribution >= 4 is 17.3 Å². The molecule has 0 radical (unpaired) electrons. The number of carbonyl (C=O) groups is 1. The number of hydrogen-bond donors (Lipinski definition) is 1. The topological polar surface area (TPSA) is 68.6 Å². The monoisotopic (exact) mass is 364 g/mol. The maximum Gasteiger partial charge on any atom is 0.241 e. The molecular weight excluding hydrogens is 340 g/mol. The summed E-state index contributed by atoms with van der Waals surface area (Å²) in [5.74, 6) is 0.772. The molecule has 0 unspecified atom stereocenters. The third kappa shape index (κ3) is 4.21. The van der Waals surface area contributed by atoms with Gasteiger partial charge in [0.2, 0.25) is 5.91 Å². The van der Waals surface area contributed by atoms with Crippen LogP contribution in [0.5, 0.6) is 5.75 Å². The Morgan fingerprint density at radius 3 is 2.48 bits per heavy atom. The number of amides is 1. The van der Waals surface area contributed by atoms with Crippen molar-refractivity contribution in [3.8, 4) is 11.8 Å². The van der Waals surface area contributed by atoms with E-state index >= 15 is 0 Å². The van der Waals surface area contributed by atoms with Gasteiger partial charge in [-0.3, -0.25) is 9.69 Å². The van der Waals surface area contributed by atoms with Crippen LogP contribution < -0.4 is 15.0 Å². The smallest absolute Gasteiger partial charge is 0.241 e. The lowest BCUT2D eigenvalue weighted by molar-refractivity contribution is -0.120. The Morgan fingerprint density at radius 2 is 1.78 bits per heavy atom. The van der Waals surface area contributed by atoms with Crippen molar-refractivity contribution in [2.45, 2.75) is 13.0 Å². The molecule has 1 aliphatic rings. The van der Waals surface area contributed by atoms with E-state index in [1.165, 1.54) is 0 Å². The Balaban J connectivity index is 1.60. The van der Waals surface area contributed by atoms with Gasteiger partial charge in [0.25, 0.3) is 0 Å². The molecule has 1 fully saturated rings. The van der Waals surface area contributed by atoms with Crippen LogP contribution in [-0.4, -0.2) is 50.1 Å². The molecule has 1 aliphatic heterocycles. The van der Waals surface area contributed by atoms with Crippen LogP contribution in [0.1, 0.15) is 12.5 Å². The number of nitrogens with zero attached hydrogens (tertiary/aromatic N) is 3. The lowest BCUT2D eigenvalue weighted by atomic mass is 10.1. The molecule has 1 atom stereocenters. The highest BCUT2D eigenvalue weighted by Crippen LogP contribution is 2.28. The molecule has 0 spiro atoms. The normalized spacial score (nSPS) is 15.7. The number of piperazine rings is 1. The molecule has 2 aromatic rings. The number of para-hydroxylation sites is 3. The Labute approximate surface area is 160 Å². The van der Waals surface area contributed by atoms with E-state index < -0.39 is 0 Å². The zero-order valence-electron chi connectivity index (χ0n) is 15.7. The van der Waals surface area contributed by atoms with Gasteiger partial charge in [0.15, 0.2) is 0 Å². The van der Waals surface area contributed by atoms with Gasteiger partial charge in [-0.15, -0.1) is 0 Å². The molecule has 3 rings (SSSR count). The number of nitriles is 1. The Morgan fingerprint density at radius 1 is 1.11 bits per heavy atom. The van der Waals surface area contributed by atoms with Crippen LogP contribution in [0.15, 0.2) is 48.5 Å². The van der Waals surface area contributed by atoms with Gasteiger partial charge in [-0.1, -0.05) is 24.3 Å². The van der Waals surface area contributed by atoms with Gasteiger partial charge in [-0.25, -0.2) is 0 Å². The molecule has 27 heavy (non-hydrogen) atoms. The van der Waals surface area contributed by atoms with Crippen LogP contribution in [0, 0.1) is 11.3 Å². The number of carbonyl (C=O) groups excluding carboxylic acids is 1. The predicted molar refractivity (Wildman–Crippen MR) is 106 cm³/mol. The van der Waals surface area contributed by atoms with Crippen molar-refractivity contribution < 1.29 is 9.53 Å². The molecule has 6 heteroatoms. The first kappa shape index (κ1) is 18.7. The summed E-state index contributed by atoms with van der Waals surface area (Å²) in [5, 5.41) is 12.1. The highest BCUT2D eigenvalue weighted by atomic mass is 16.5. The Bertz CT molecular complexity index is 838. The first-order chi connectivity index (χ1) is 13.1. The van der Waals surface area contributed by atoms with Gasteiger partial charge in [0.05, 0.1) is 30.1 Å². The highest BCUT2D eigenvalue weighted by Gasteiger charge is 2.26. The van der Waals surface area contributed by atoms with E-state index in [9.17, 15) is 10.1 Å². The van der Waals surface area contributed by atoms with Crippen LogP contribution in [0.4, 0.5) is 11.4 Å². The van der Waals surface area contributed by atoms with Crippen LogP contribution >= 0.6 is 0 Å². The standard InChI is InChI=1S/C21H24N4O2/c1-16(21(26)23-18-8-4-3-7-17(18)15-22)24-11-13-25(14-12-24)19-9-5-6-10-20(19)27-2/h3-10,16H,11-14H2,1-2H3,(H,23,26)/t16-/m0/s1. The van der Waals surface area contributed by atoms with Gasteiger partial charge in [0, 0.05) is 26.2 Å². The SMILES string of the molecule is COc1ccccc1N1CCN([C@@H](C)C(=O)Nc2ccccc2C#N)CC1. The van der Waals surface area contributed by atoms with E-state index in [1.807, 2.05) is 31.2 Å². The first-order valence-corrected chi connectivity index (χ1v) is 9.06. The zero-order chi connectivity index (χ0) is 19.2. The fourth-order valence-corrected chi connectivity index (χ4v) is 3.33. The third-order valence-electron chi connectivity index (χ3n) is 4.97. The number of rotatable bonds is 5. The number of hydrogen-bond acceptors (Lipinski definition) is 5. The largest absolute Gasteiger partial charge is 0.495 e. The van der Waals surface area contributed by atoms with E-state index in [0.29, 0.717) is 11.3 Å². The minimum absolute atomic E-state index is 0.0940. The van der Waals surface area contributed by atoms with Gasteiger partial charge >= 0.3 is 0 Å². The second-order valence-corrected chi connectivity index (χ2v) is 6.52. The van der Waals surface area contributed by atoms with E-state index in [2.05, 4.69) is 27.3 Å². The van der Waals surface area contributed by atoms with Crippen LogP contribution in [0.3, 0.4) is 0 Å². The highest BCUT2D eigenvalue weighted by molar-refractivity contribution is 5.95. The molecule has 140 valence electrons. The summed E-state index contributed by atoms with van der Waals surface area (Å²) < 4.78 is 5.45. The molecule has 0 aromatic heterocycles. The summed E-state index contributed by atoms with van der Waals surface area (Å²) in [6.45, 7) is 5.13. The van der Waals surface area contributed by atoms with Crippen LogP contribution in [0.2, 0.25) is 0 Å². The van der Waals surface area contributed by atoms with Crippen LogP contribution in [-0.2, 0) is 4.79 Å². The van der Waals surface area contributed by atoms with Crippen molar-refractivity contribution in [1.82, 2.24) is 4.90 Å². The number of nitrogens with one attached hydrogen (secondary N) is 1. The summed E-state index contributed by atoms with van der Waals surface area (Å²) in [7, 11) is 1.68. The predicted octanol–water partition coefficient (Wildman–Crippen LogP) is 2.72. The number of ether oxygens (including phenoxy) is 1. The minimum atomic E-state index is -0.267. The van der Waals surface area contributed by atoms with Crippen molar-refractivity contribution in [3.63, 3.8) is 0 Å². The number of anilines is 2. The molecule has 1 amide bonds. The van der Waals surface area contributed by atoms with Crippen molar-refractivity contribution in [1.29, 1.82) is 5.26 Å². The second-order valence-electron chi connectivity index (χ2n) is 6.52. The maximum absolute atomic E-state index is 12.6. The fourth-order valence-electron chi connectivity index (χ4n) is 3.33. The van der Waals surface area contributed by atoms with E-state index in [4.69, 9.17) is 4.74 Å². The number of benzene rings is 2. The molecule has 2 aromatic carbocycles. The van der Waals surface area contributed by atoms with Crippen molar-refractivity contribution in [2.24, 2.45) is 0 Å². The molecule has 1 N–H and O–H groups in total. The molecule has 0 saturated carbocycles. The first-order valence-electron chi connectivity index (χ1n) is 9.06. The lowest BCUT2D eigenvalue weighted by Gasteiger charge is -2.38. The lowest BCUT2D eigenvalue weighted by Crippen LogP contribution is -2.52. The molecule has 1 saturated heterocycles. The average Bonchev–Trinajstić information content (AvgIpc) is 2.73. The van der Waals surface area contributed by atoms with Crippen LogP contribution in [0.25, 0.3) is 0 Å². The Hall–Kier alpha value is -3.04. The van der Waals surface area contributed by atoms with Crippen molar-refractivity contribution in [2.75, 3.05) is 43.5 Å². The summed E-state index contributed by atoms with van der Waals surface area (Å²) in [6, 6.07) is 16.9. The van der Waals surface area contributed by atoms with E-state index in [-0.39, 0.29) is 11.9 Å². The minimum Gasteiger partial charge on any atom is -0.495 e. The zero-order valence-corrected chi connectivity index (χ0v) is 15.7. The molecular formula is C21H24N4O2. The molecule has 0 aliphatic carbocycles. The molecule has 0 bridgehead atoms. The summed E-state index contributed by atoms with van der Waals surface area (Å²) >= 11 is 0. The average molecular weight is 364 g/mol. The quantitative estimate of drug-likeness (QED) is 0.883. The summed E-state index contributed by atoms with van der Waals surface area (Å²) in [6.07, 6.45) is 0. The van der Waals surface area contributed by atoms with Gasteiger partial charge < -0.3 is 15.0 Å². The van der Waals surface area contributed by atoms with Crippen molar-refractivity contribution in [3.05, 3.63) is 54.1 Å². The second kappa shape index (κ2) is 8.56. The Kier molecular flexibility index (Phi) is 5.94. The molecule has 1 heterocycles. The summed E-state index contributed by atoms with van der Waals surface area (Å²) in [4.78, 5) is 17.1. The molecule has 6 nitrogen and oxygen atoms in total. The summed E-state index contributed by atoms with van der Waals surface area (Å²) in [5.41, 5.74) is 2.11. The van der Waals surface area contributed by atoms with E-state index in [0.717, 1.165) is 37.6 Å². The third-order valence-corrected chi connectivity index (χ3v) is 4.97. The van der Waals surface area contributed by atoms with Gasteiger partial charge in [-0.2, -0.15) is 5.26 Å².